The van der Waals surface area contributed by atoms with Crippen LogP contribution in [0.3, 0.4) is 0 Å². The maximum atomic E-state index is 14.1. The number of carbonyl (C=O) groups is 5. The number of hydrogen-bond donors (Lipinski definition) is 6. The Kier molecular flexibility index (Phi) is 29.0. The van der Waals surface area contributed by atoms with E-state index in [1.165, 1.54) is 41.5 Å². The topological polar surface area (TPSA) is 249 Å². The third-order valence-electron chi connectivity index (χ3n) is 18.4. The Morgan fingerprint density at radius 3 is 0.923 bits per heavy atom. The Balaban J connectivity index is 0.000000144. The van der Waals surface area contributed by atoms with Gasteiger partial charge >= 0.3 is 0 Å². The first-order valence-electron chi connectivity index (χ1n) is 37.3. The fourth-order valence-corrected chi connectivity index (χ4v) is 11.5. The summed E-state index contributed by atoms with van der Waals surface area (Å²) >= 11 is 5.88. The van der Waals surface area contributed by atoms with E-state index in [1.807, 2.05) is 211 Å². The van der Waals surface area contributed by atoms with Crippen LogP contribution in [0.4, 0.5) is 8.78 Å². The molecule has 15 rings (SSSR count). The highest BCUT2D eigenvalue weighted by molar-refractivity contribution is 6.30. The van der Waals surface area contributed by atoms with Crippen molar-refractivity contribution in [3.63, 3.8) is 0 Å². The van der Waals surface area contributed by atoms with E-state index in [2.05, 4.69) is 83.0 Å². The summed E-state index contributed by atoms with van der Waals surface area (Å²) in [6.45, 7) is 13.9. The first-order chi connectivity index (χ1) is 56.5. The normalized spacial score (nSPS) is 11.1. The van der Waals surface area contributed by atoms with Gasteiger partial charge in [-0.2, -0.15) is 25.5 Å². The third kappa shape index (κ3) is 24.7. The predicted octanol–water partition coefficient (Wildman–Crippen LogP) is 22.4. The van der Waals surface area contributed by atoms with E-state index < -0.39 is 5.82 Å². The van der Waals surface area contributed by atoms with Crippen LogP contribution in [0.15, 0.2) is 297 Å². The van der Waals surface area contributed by atoms with Crippen LogP contribution >= 0.6 is 11.6 Å². The molecule has 5 aromatic heterocycles. The number of benzene rings is 10. The van der Waals surface area contributed by atoms with Gasteiger partial charge in [0, 0.05) is 60.7 Å². The van der Waals surface area contributed by atoms with Gasteiger partial charge in [-0.25, -0.2) is 8.78 Å². The summed E-state index contributed by atoms with van der Waals surface area (Å²) in [6, 6.07) is 80.8. The van der Waals surface area contributed by atoms with Crippen LogP contribution in [-0.2, 0) is 6.61 Å². The molecule has 0 bridgehead atoms. The van der Waals surface area contributed by atoms with Crippen LogP contribution in [0, 0.1) is 60.1 Å². The van der Waals surface area contributed by atoms with E-state index in [1.54, 1.807) is 103 Å². The van der Waals surface area contributed by atoms with Gasteiger partial charge in [-0.1, -0.05) is 221 Å². The van der Waals surface area contributed by atoms with Crippen molar-refractivity contribution in [1.29, 1.82) is 0 Å². The summed E-state index contributed by atoms with van der Waals surface area (Å²) in [4.78, 5) is 60.6. The second-order valence-corrected chi connectivity index (χ2v) is 27.9. The average molecular weight is 1570 g/mol. The van der Waals surface area contributed by atoms with Crippen LogP contribution < -0.4 is 0 Å². The summed E-state index contributed by atoms with van der Waals surface area (Å²) in [6.07, 6.45) is 16.2. The SMILES string of the molecule is Cc1ccc(C(=O)/C=C/c2cc(-c3ccc(C)c(C)c3)n[nH]2)cc1.Cc1ccc(C(=O)/C=C/c2cc(-c3ccc(CO)cc3F)n[nH]2)cc1.Cc1ccc(C(=O)/C=C/c2cc(-c3ccc(Cl)cc3)n[nH]2)cc1.Cc1ccc(C(=O)/C=C/c2cc(-c3ccc(F)cc3)n[nH]2)cc1.Cc1ccc(C(=O)/C=C/c2cc(-c3ccccc3)n[nH]2)cc1. The number of nitrogens with one attached hydrogen (secondary N) is 5. The first-order valence-corrected chi connectivity index (χ1v) is 37.7. The Morgan fingerprint density at radius 1 is 0.316 bits per heavy atom. The summed E-state index contributed by atoms with van der Waals surface area (Å²) in [5.41, 5.74) is 23.5. The van der Waals surface area contributed by atoms with Crippen molar-refractivity contribution >= 4 is 70.9 Å². The maximum Gasteiger partial charge on any atom is 0.185 e. The van der Waals surface area contributed by atoms with Gasteiger partial charge in [-0.05, 0) is 211 Å². The highest BCUT2D eigenvalue weighted by Crippen LogP contribution is 2.27. The molecule has 0 saturated heterocycles. The molecule has 0 radical (unpaired) electrons. The summed E-state index contributed by atoms with van der Waals surface area (Å²) < 4.78 is 27.0. The van der Waals surface area contributed by atoms with Crippen molar-refractivity contribution in [1.82, 2.24) is 51.0 Å². The number of aliphatic hydroxyl groups excluding tert-OH is 1. The fourth-order valence-electron chi connectivity index (χ4n) is 11.4. The number of halogens is 3. The average Bonchev–Trinajstić information content (AvgIpc) is 1.74. The number of aromatic nitrogens is 10. The highest BCUT2D eigenvalue weighted by Gasteiger charge is 2.13. The number of aromatic amines is 5. The van der Waals surface area contributed by atoms with Crippen molar-refractivity contribution in [2.45, 2.75) is 55.1 Å². The molecule has 10 aromatic carbocycles. The van der Waals surface area contributed by atoms with Gasteiger partial charge in [-0.3, -0.25) is 49.5 Å². The lowest BCUT2D eigenvalue weighted by molar-refractivity contribution is 0.103. The van der Waals surface area contributed by atoms with E-state index in [0.717, 1.165) is 84.2 Å². The second-order valence-electron chi connectivity index (χ2n) is 27.5. The third-order valence-corrected chi connectivity index (χ3v) is 18.6. The minimum atomic E-state index is -0.454. The molecule has 0 aliphatic heterocycles. The number of H-pyrrole nitrogens is 5. The van der Waals surface area contributed by atoms with Crippen molar-refractivity contribution in [3.05, 3.63) is 415 Å². The minimum Gasteiger partial charge on any atom is -0.392 e. The van der Waals surface area contributed by atoms with Crippen molar-refractivity contribution in [2.24, 2.45) is 0 Å². The number of aryl methyl sites for hydroxylation is 7. The van der Waals surface area contributed by atoms with Gasteiger partial charge in [0.05, 0.1) is 63.5 Å². The van der Waals surface area contributed by atoms with Crippen molar-refractivity contribution in [2.75, 3.05) is 0 Å². The minimum absolute atomic E-state index is 0.0164. The van der Waals surface area contributed by atoms with Crippen LogP contribution in [0.5, 0.6) is 0 Å². The van der Waals surface area contributed by atoms with Crippen molar-refractivity contribution < 1.29 is 37.9 Å². The summed E-state index contributed by atoms with van der Waals surface area (Å²) in [5, 5.41) is 45.2. The van der Waals surface area contributed by atoms with Gasteiger partial charge in [0.2, 0.25) is 0 Å². The first kappa shape index (κ1) is 83.3. The lowest BCUT2D eigenvalue weighted by Gasteiger charge is -2.01. The molecule has 15 aromatic rings. The van der Waals surface area contributed by atoms with Crippen LogP contribution in [-0.4, -0.2) is 85.0 Å². The lowest BCUT2D eigenvalue weighted by atomic mass is 10.0. The Morgan fingerprint density at radius 2 is 0.607 bits per heavy atom. The zero-order valence-electron chi connectivity index (χ0n) is 65.2. The molecule has 0 aliphatic carbocycles. The number of carbonyl (C=O) groups excluding carboxylic acids is 5. The van der Waals surface area contributed by atoms with Gasteiger partial charge in [0.25, 0.3) is 0 Å². The molecular formula is C98H83ClF2N10O6. The molecule has 5 heterocycles. The molecule has 582 valence electrons. The van der Waals surface area contributed by atoms with E-state index in [4.69, 9.17) is 16.7 Å². The quantitative estimate of drug-likeness (QED) is 0.0292. The van der Waals surface area contributed by atoms with E-state index in [9.17, 15) is 32.8 Å². The number of nitrogens with zero attached hydrogens (tertiary/aromatic N) is 5. The van der Waals surface area contributed by atoms with Gasteiger partial charge in [0.1, 0.15) is 11.6 Å². The predicted molar refractivity (Wildman–Crippen MR) is 463 cm³/mol. The van der Waals surface area contributed by atoms with Crippen LogP contribution in [0.25, 0.3) is 86.7 Å². The summed E-state index contributed by atoms with van der Waals surface area (Å²) in [5.74, 6) is -0.990. The molecule has 0 amide bonds. The van der Waals surface area contributed by atoms with E-state index in [0.29, 0.717) is 66.7 Å². The van der Waals surface area contributed by atoms with E-state index >= 15 is 0 Å². The zero-order chi connectivity index (χ0) is 82.7. The lowest BCUT2D eigenvalue weighted by Crippen LogP contribution is -1.93. The number of rotatable bonds is 21. The molecule has 0 fully saturated rings. The molecule has 19 heteroatoms. The Bertz CT molecular complexity index is 5910. The van der Waals surface area contributed by atoms with Crippen LogP contribution in [0.2, 0.25) is 5.02 Å². The monoisotopic (exact) mass is 1570 g/mol. The number of hydrogen-bond acceptors (Lipinski definition) is 11. The highest BCUT2D eigenvalue weighted by atomic mass is 35.5. The molecule has 0 atom stereocenters. The Labute approximate surface area is 681 Å². The number of ketones is 5. The molecule has 0 aliphatic rings. The molecule has 0 saturated carbocycles. The molecule has 0 spiro atoms. The van der Waals surface area contributed by atoms with Crippen molar-refractivity contribution in [3.8, 4) is 56.3 Å². The Hall–Kier alpha value is -14.6. The second kappa shape index (κ2) is 40.7. The molecule has 0 unspecified atom stereocenters. The molecule has 6 N–H and O–H groups in total. The molecular weight excluding hydrogens is 1490 g/mol. The van der Waals surface area contributed by atoms with E-state index in [-0.39, 0.29) is 41.3 Å². The summed E-state index contributed by atoms with van der Waals surface area (Å²) in [7, 11) is 0. The number of allylic oxidation sites excluding steroid dienone is 5. The zero-order valence-corrected chi connectivity index (χ0v) is 66.0. The van der Waals surface area contributed by atoms with Gasteiger partial charge in [0.15, 0.2) is 28.9 Å². The van der Waals surface area contributed by atoms with Gasteiger partial charge in [-0.15, -0.1) is 0 Å². The van der Waals surface area contributed by atoms with Crippen LogP contribution in [0.1, 0.15) is 125 Å². The smallest absolute Gasteiger partial charge is 0.185 e. The molecule has 117 heavy (non-hydrogen) atoms. The maximum absolute atomic E-state index is 14.1. The molecule has 16 nitrogen and oxygen atoms in total. The van der Waals surface area contributed by atoms with Gasteiger partial charge < -0.3 is 5.11 Å². The number of aliphatic hydroxyl groups is 1. The fraction of sp³-hybridized carbons (Fsp3) is 0.0816. The standard InChI is InChI=1S/C21H20N2O.C20H17FN2O2.C19H15ClN2O.C19H15FN2O.C19H16N2O/c1-14-4-7-17(8-5-14)21(24)11-10-19-13-20(23-22-19)18-9-6-15(2)16(3)12-18;1-13-2-5-15(6-3-13)20(25)9-7-16-11-19(23-22-16)17-8-4-14(12-24)10-18(17)21;2*1-13-2-4-15(5-3-13)19(23)11-10-17-12-18(22-21-17)14-6-8-16(20)9-7-14;1-14-7-9-16(10-8-14)19(22)12-11-17-13-18(21-20-17)15-5-3-2-4-6-15/h4-13H,1-3H3,(H,22,23);2-11,24H,12H2,1H3,(H,22,23);2*2-12H,1H3,(H,21,22);2-13H,1H3,(H,20,21)/b11-10+;9-7+;2*11-10+;12-11+. The largest absolute Gasteiger partial charge is 0.392 e.